The molecule has 0 fully saturated rings. The Hall–Kier alpha value is -7.43. The van der Waals surface area contributed by atoms with Gasteiger partial charge in [-0.05, 0) is 84.9 Å². The molecule has 2 heterocycles. The van der Waals surface area contributed by atoms with Crippen molar-refractivity contribution in [2.24, 2.45) is 0 Å². The minimum Gasteiger partial charge on any atom is -0.456 e. The van der Waals surface area contributed by atoms with Crippen molar-refractivity contribution in [3.63, 3.8) is 0 Å². The van der Waals surface area contributed by atoms with Gasteiger partial charge in [0.25, 0.3) is 0 Å². The lowest BCUT2D eigenvalue weighted by atomic mass is 9.92. The van der Waals surface area contributed by atoms with Gasteiger partial charge in [-0.15, -0.1) is 0 Å². The van der Waals surface area contributed by atoms with E-state index in [0.29, 0.717) is 17.5 Å². The van der Waals surface area contributed by atoms with Gasteiger partial charge in [-0.3, -0.25) is 0 Å². The molecule has 0 saturated heterocycles. The van der Waals surface area contributed by atoms with Gasteiger partial charge in [0.1, 0.15) is 11.2 Å². The highest BCUT2D eigenvalue weighted by molar-refractivity contribution is 6.25. The molecule has 0 spiro atoms. The third kappa shape index (κ3) is 5.26. The highest BCUT2D eigenvalue weighted by Crippen LogP contribution is 2.41. The van der Waals surface area contributed by atoms with Crippen LogP contribution in [-0.4, -0.2) is 15.0 Å². The van der Waals surface area contributed by atoms with Gasteiger partial charge in [0.05, 0.1) is 0 Å². The molecule has 11 aromatic rings. The van der Waals surface area contributed by atoms with Gasteiger partial charge < -0.3 is 4.42 Å². The van der Waals surface area contributed by atoms with E-state index < -0.39 is 0 Å². The molecule has 0 amide bonds. The van der Waals surface area contributed by atoms with Crippen LogP contribution in [0.5, 0.6) is 0 Å². The maximum atomic E-state index is 6.50. The Balaban J connectivity index is 1.10. The summed E-state index contributed by atoms with van der Waals surface area (Å²) in [5.41, 5.74) is 8.85. The summed E-state index contributed by atoms with van der Waals surface area (Å²) in [6, 6.07) is 65.8. The number of hydrogen-bond donors (Lipinski definition) is 0. The Morgan fingerprint density at radius 2 is 0.764 bits per heavy atom. The molecule has 55 heavy (non-hydrogen) atoms. The van der Waals surface area contributed by atoms with Crippen molar-refractivity contribution in [2.45, 2.75) is 0 Å². The average Bonchev–Trinajstić information content (AvgIpc) is 3.65. The maximum Gasteiger partial charge on any atom is 0.164 e. The van der Waals surface area contributed by atoms with Gasteiger partial charge in [-0.25, -0.2) is 15.0 Å². The number of benzene rings is 9. The molecule has 11 rings (SSSR count). The van der Waals surface area contributed by atoms with Crippen LogP contribution in [0.4, 0.5) is 0 Å². The fourth-order valence-electron chi connectivity index (χ4n) is 8.09. The highest BCUT2D eigenvalue weighted by Gasteiger charge is 2.19. The number of rotatable bonds is 5. The normalized spacial score (nSPS) is 11.6. The first kappa shape index (κ1) is 31.1. The lowest BCUT2D eigenvalue weighted by Gasteiger charge is -2.12. The molecule has 2 aromatic heterocycles. The molecule has 4 heteroatoms. The molecule has 0 unspecified atom stereocenters. The predicted octanol–water partition coefficient (Wildman–Crippen LogP) is 13.6. The molecular weight excluding hydrogens is 671 g/mol. The summed E-state index contributed by atoms with van der Waals surface area (Å²) in [6.45, 7) is 0. The van der Waals surface area contributed by atoms with Crippen molar-refractivity contribution in [3.8, 4) is 56.4 Å². The Morgan fingerprint density at radius 3 is 1.47 bits per heavy atom. The zero-order valence-electron chi connectivity index (χ0n) is 29.6. The minimum absolute atomic E-state index is 0.594. The zero-order valence-corrected chi connectivity index (χ0v) is 29.6. The number of nitrogens with zero attached hydrogens (tertiary/aromatic N) is 3. The molecule has 0 atom stereocenters. The van der Waals surface area contributed by atoms with Crippen LogP contribution in [-0.2, 0) is 0 Å². The topological polar surface area (TPSA) is 51.8 Å². The minimum atomic E-state index is 0.594. The first-order valence-corrected chi connectivity index (χ1v) is 18.5. The highest BCUT2D eigenvalue weighted by atomic mass is 16.3. The molecule has 0 aliphatic rings. The zero-order chi connectivity index (χ0) is 36.3. The first-order valence-electron chi connectivity index (χ1n) is 18.5. The molecule has 0 N–H and O–H groups in total. The molecule has 0 saturated carbocycles. The van der Waals surface area contributed by atoms with Crippen molar-refractivity contribution < 1.29 is 4.42 Å². The van der Waals surface area contributed by atoms with Crippen LogP contribution in [0.25, 0.3) is 111 Å². The molecular formula is C51H31N3O. The van der Waals surface area contributed by atoms with Gasteiger partial charge in [0.15, 0.2) is 17.5 Å². The molecule has 0 aliphatic heterocycles. The van der Waals surface area contributed by atoms with Crippen LogP contribution in [0.2, 0.25) is 0 Å². The molecule has 4 nitrogen and oxygen atoms in total. The number of hydrogen-bond acceptors (Lipinski definition) is 4. The molecule has 0 aliphatic carbocycles. The third-order valence-electron chi connectivity index (χ3n) is 10.7. The van der Waals surface area contributed by atoms with Crippen molar-refractivity contribution in [1.82, 2.24) is 15.0 Å². The Bertz CT molecular complexity index is 3220. The summed E-state index contributed by atoms with van der Waals surface area (Å²) in [5, 5.41) is 9.55. The smallest absolute Gasteiger partial charge is 0.164 e. The standard InChI is InChI=1S/C51H31N3O/c1-3-13-32(14-4-1)34-17-11-18-37(29-34)50-52-49(33-15-5-2-6-16-33)53-51(54-50)43-23-12-24-47-48(43)45-31-36(26-28-46(45)55-47)35-25-27-42-40-21-8-7-19-38(40)39-20-9-10-22-41(39)44(42)30-35/h1-31H. The van der Waals surface area contributed by atoms with Gasteiger partial charge in [0, 0.05) is 27.5 Å². The van der Waals surface area contributed by atoms with E-state index in [4.69, 9.17) is 19.4 Å². The lowest BCUT2D eigenvalue weighted by Crippen LogP contribution is -2.00. The first-order chi connectivity index (χ1) is 27.2. The van der Waals surface area contributed by atoms with E-state index in [0.717, 1.165) is 60.9 Å². The van der Waals surface area contributed by atoms with Gasteiger partial charge in [-0.2, -0.15) is 0 Å². The fourth-order valence-corrected chi connectivity index (χ4v) is 8.09. The lowest BCUT2D eigenvalue weighted by molar-refractivity contribution is 0.669. The van der Waals surface area contributed by atoms with Gasteiger partial charge in [0.2, 0.25) is 0 Å². The summed E-state index contributed by atoms with van der Waals surface area (Å²) >= 11 is 0. The van der Waals surface area contributed by atoms with Crippen molar-refractivity contribution in [2.75, 3.05) is 0 Å². The van der Waals surface area contributed by atoms with Crippen molar-refractivity contribution >= 4 is 54.3 Å². The van der Waals surface area contributed by atoms with E-state index in [9.17, 15) is 0 Å². The van der Waals surface area contributed by atoms with E-state index in [-0.39, 0.29) is 0 Å². The van der Waals surface area contributed by atoms with Crippen molar-refractivity contribution in [3.05, 3.63) is 188 Å². The second-order valence-electron chi connectivity index (χ2n) is 14.0. The van der Waals surface area contributed by atoms with Gasteiger partial charge in [-0.1, -0.05) is 158 Å². The summed E-state index contributed by atoms with van der Waals surface area (Å²) in [4.78, 5) is 15.3. The predicted molar refractivity (Wildman–Crippen MR) is 227 cm³/mol. The molecule has 0 radical (unpaired) electrons. The van der Waals surface area contributed by atoms with Gasteiger partial charge >= 0.3 is 0 Å². The van der Waals surface area contributed by atoms with Crippen molar-refractivity contribution in [1.29, 1.82) is 0 Å². The average molecular weight is 702 g/mol. The van der Waals surface area contributed by atoms with Crippen LogP contribution in [0.3, 0.4) is 0 Å². The summed E-state index contributed by atoms with van der Waals surface area (Å²) < 4.78 is 6.50. The quantitative estimate of drug-likeness (QED) is 0.168. The number of fused-ring (bicyclic) bond motifs is 9. The molecule has 0 bridgehead atoms. The fraction of sp³-hybridized carbons (Fsp3) is 0. The largest absolute Gasteiger partial charge is 0.456 e. The third-order valence-corrected chi connectivity index (χ3v) is 10.7. The van der Waals surface area contributed by atoms with E-state index in [2.05, 4.69) is 140 Å². The van der Waals surface area contributed by atoms with E-state index in [1.54, 1.807) is 0 Å². The van der Waals surface area contributed by atoms with Crippen LogP contribution in [0.1, 0.15) is 0 Å². The summed E-state index contributed by atoms with van der Waals surface area (Å²) in [6.07, 6.45) is 0. The van der Waals surface area contributed by atoms with Crippen LogP contribution >= 0.6 is 0 Å². The Morgan fingerprint density at radius 1 is 0.273 bits per heavy atom. The Labute approximate surface area is 317 Å². The molecule has 256 valence electrons. The van der Waals surface area contributed by atoms with E-state index in [1.165, 1.54) is 32.3 Å². The monoisotopic (exact) mass is 701 g/mol. The maximum absolute atomic E-state index is 6.50. The van der Waals surface area contributed by atoms with E-state index in [1.807, 2.05) is 48.5 Å². The Kier molecular flexibility index (Phi) is 7.14. The number of aromatic nitrogens is 3. The van der Waals surface area contributed by atoms with Crippen LogP contribution < -0.4 is 0 Å². The SMILES string of the molecule is c1ccc(-c2cccc(-c3nc(-c4ccccc4)nc(-c4cccc5oc6ccc(-c7ccc8c9ccccc9c9ccccc9c8c7)cc6c45)n3)c2)cc1. The van der Waals surface area contributed by atoms with Crippen LogP contribution in [0, 0.1) is 0 Å². The summed E-state index contributed by atoms with van der Waals surface area (Å²) in [5.74, 6) is 1.83. The number of furan rings is 1. The second-order valence-corrected chi connectivity index (χ2v) is 14.0. The summed E-state index contributed by atoms with van der Waals surface area (Å²) in [7, 11) is 0. The second kappa shape index (κ2) is 12.6. The van der Waals surface area contributed by atoms with E-state index >= 15 is 0 Å². The molecule has 9 aromatic carbocycles. The van der Waals surface area contributed by atoms with Crippen LogP contribution in [0.15, 0.2) is 192 Å².